The van der Waals surface area contributed by atoms with Gasteiger partial charge in [0.1, 0.15) is 11.6 Å². The third kappa shape index (κ3) is 2.42. The van der Waals surface area contributed by atoms with Crippen molar-refractivity contribution in [2.45, 2.75) is 19.9 Å². The van der Waals surface area contributed by atoms with E-state index in [0.29, 0.717) is 11.2 Å². The van der Waals surface area contributed by atoms with Crippen LogP contribution in [0.2, 0.25) is 0 Å². The minimum absolute atomic E-state index is 0.198. The number of imidazole rings is 1. The summed E-state index contributed by atoms with van der Waals surface area (Å²) < 4.78 is 16.4. The highest BCUT2D eigenvalue weighted by Crippen LogP contribution is 2.34. The van der Waals surface area contributed by atoms with E-state index in [4.69, 9.17) is 5.73 Å². The van der Waals surface area contributed by atoms with E-state index in [1.807, 2.05) is 18.2 Å². The zero-order chi connectivity index (χ0) is 15.1. The van der Waals surface area contributed by atoms with Crippen LogP contribution in [0.1, 0.15) is 19.9 Å². The van der Waals surface area contributed by atoms with Crippen LogP contribution in [0.15, 0.2) is 40.9 Å². The molecule has 0 radical (unpaired) electrons. The van der Waals surface area contributed by atoms with Gasteiger partial charge in [0, 0.05) is 27.8 Å². The van der Waals surface area contributed by atoms with Crippen molar-refractivity contribution in [3.05, 3.63) is 46.7 Å². The number of fused-ring (bicyclic) bond motifs is 1. The van der Waals surface area contributed by atoms with E-state index in [-0.39, 0.29) is 11.9 Å². The lowest BCUT2D eigenvalue weighted by Crippen LogP contribution is -2.03. The Morgan fingerprint density at radius 3 is 2.67 bits per heavy atom. The van der Waals surface area contributed by atoms with Gasteiger partial charge >= 0.3 is 0 Å². The molecule has 3 nitrogen and oxygen atoms in total. The van der Waals surface area contributed by atoms with Gasteiger partial charge in [-0.15, -0.1) is 0 Å². The van der Waals surface area contributed by atoms with Gasteiger partial charge in [-0.1, -0.05) is 15.9 Å². The van der Waals surface area contributed by atoms with Crippen molar-refractivity contribution in [3.8, 4) is 11.4 Å². The minimum Gasteiger partial charge on any atom is -0.399 e. The highest BCUT2D eigenvalue weighted by Gasteiger charge is 2.17. The van der Waals surface area contributed by atoms with Crippen molar-refractivity contribution < 1.29 is 4.39 Å². The van der Waals surface area contributed by atoms with E-state index >= 15 is 0 Å². The second-order valence-electron chi connectivity index (χ2n) is 5.27. The number of halogens is 2. The standard InChI is InChI=1S/C16H15BrFN3/c1-9(2)21-15-6-3-10(18)7-14(15)20-16(21)12-8-11(19)4-5-13(12)17/h3-9H,19H2,1-2H3. The molecular weight excluding hydrogens is 333 g/mol. The lowest BCUT2D eigenvalue weighted by molar-refractivity contribution is 0.620. The van der Waals surface area contributed by atoms with Gasteiger partial charge in [-0.25, -0.2) is 9.37 Å². The molecular formula is C16H15BrFN3. The molecule has 1 heterocycles. The maximum Gasteiger partial charge on any atom is 0.142 e. The van der Waals surface area contributed by atoms with Crippen LogP contribution in [0, 0.1) is 5.82 Å². The van der Waals surface area contributed by atoms with E-state index in [9.17, 15) is 4.39 Å². The average Bonchev–Trinajstić information content (AvgIpc) is 2.79. The van der Waals surface area contributed by atoms with Gasteiger partial charge in [0.2, 0.25) is 0 Å². The summed E-state index contributed by atoms with van der Waals surface area (Å²) in [6.45, 7) is 4.16. The third-order valence-electron chi connectivity index (χ3n) is 3.40. The van der Waals surface area contributed by atoms with E-state index in [2.05, 4.69) is 39.3 Å². The van der Waals surface area contributed by atoms with Crippen molar-refractivity contribution in [2.24, 2.45) is 0 Å². The summed E-state index contributed by atoms with van der Waals surface area (Å²) in [5.74, 6) is 0.499. The first-order valence-corrected chi connectivity index (χ1v) is 7.49. The van der Waals surface area contributed by atoms with Crippen LogP contribution in [0.25, 0.3) is 22.4 Å². The molecule has 3 rings (SSSR count). The largest absolute Gasteiger partial charge is 0.399 e. The van der Waals surface area contributed by atoms with E-state index < -0.39 is 0 Å². The number of nitrogens with two attached hydrogens (primary N) is 1. The molecule has 108 valence electrons. The number of hydrogen-bond donors (Lipinski definition) is 1. The van der Waals surface area contributed by atoms with Crippen LogP contribution in [0.5, 0.6) is 0 Å². The molecule has 21 heavy (non-hydrogen) atoms. The summed E-state index contributed by atoms with van der Waals surface area (Å²) in [4.78, 5) is 4.60. The lowest BCUT2D eigenvalue weighted by atomic mass is 10.2. The average molecular weight is 348 g/mol. The highest BCUT2D eigenvalue weighted by atomic mass is 79.9. The fourth-order valence-electron chi connectivity index (χ4n) is 2.50. The molecule has 0 atom stereocenters. The van der Waals surface area contributed by atoms with Crippen molar-refractivity contribution in [3.63, 3.8) is 0 Å². The number of aromatic nitrogens is 2. The Morgan fingerprint density at radius 1 is 1.19 bits per heavy atom. The van der Waals surface area contributed by atoms with Gasteiger partial charge < -0.3 is 10.3 Å². The molecule has 0 spiro atoms. The number of anilines is 1. The minimum atomic E-state index is -0.283. The monoisotopic (exact) mass is 347 g/mol. The Kier molecular flexibility index (Phi) is 3.45. The maximum absolute atomic E-state index is 13.4. The first-order valence-electron chi connectivity index (χ1n) is 6.70. The van der Waals surface area contributed by atoms with Gasteiger partial charge in [0.25, 0.3) is 0 Å². The van der Waals surface area contributed by atoms with E-state index in [0.717, 1.165) is 21.4 Å². The molecule has 0 aliphatic carbocycles. The van der Waals surface area contributed by atoms with Crippen LogP contribution < -0.4 is 5.73 Å². The quantitative estimate of drug-likeness (QED) is 0.678. The molecule has 0 unspecified atom stereocenters. The van der Waals surface area contributed by atoms with Gasteiger partial charge in [0.15, 0.2) is 0 Å². The topological polar surface area (TPSA) is 43.8 Å². The predicted octanol–water partition coefficient (Wildman–Crippen LogP) is 4.77. The second-order valence-corrected chi connectivity index (χ2v) is 6.13. The fourth-order valence-corrected chi connectivity index (χ4v) is 2.92. The van der Waals surface area contributed by atoms with Gasteiger partial charge in [-0.3, -0.25) is 0 Å². The van der Waals surface area contributed by atoms with Crippen molar-refractivity contribution in [1.29, 1.82) is 0 Å². The van der Waals surface area contributed by atoms with Crippen LogP contribution in [0.4, 0.5) is 10.1 Å². The summed E-state index contributed by atoms with van der Waals surface area (Å²) in [7, 11) is 0. The highest BCUT2D eigenvalue weighted by molar-refractivity contribution is 9.10. The van der Waals surface area contributed by atoms with Gasteiger partial charge in [-0.2, -0.15) is 0 Å². The first-order chi connectivity index (χ1) is 9.97. The van der Waals surface area contributed by atoms with E-state index in [1.165, 1.54) is 12.1 Å². The molecule has 0 fully saturated rings. The Morgan fingerprint density at radius 2 is 1.95 bits per heavy atom. The van der Waals surface area contributed by atoms with Crippen LogP contribution in [0.3, 0.4) is 0 Å². The Hall–Kier alpha value is -1.88. The lowest BCUT2D eigenvalue weighted by Gasteiger charge is -2.14. The Labute approximate surface area is 130 Å². The maximum atomic E-state index is 13.4. The number of benzene rings is 2. The van der Waals surface area contributed by atoms with Crippen molar-refractivity contribution in [1.82, 2.24) is 9.55 Å². The first kappa shape index (κ1) is 14.1. The van der Waals surface area contributed by atoms with Crippen LogP contribution in [-0.4, -0.2) is 9.55 Å². The molecule has 2 aromatic carbocycles. The molecule has 0 amide bonds. The number of nitrogens with zero attached hydrogens (tertiary/aromatic N) is 2. The Balaban J connectivity index is 2.36. The zero-order valence-electron chi connectivity index (χ0n) is 11.8. The summed E-state index contributed by atoms with van der Waals surface area (Å²) in [6, 6.07) is 10.5. The zero-order valence-corrected chi connectivity index (χ0v) is 13.4. The third-order valence-corrected chi connectivity index (χ3v) is 4.09. The summed E-state index contributed by atoms with van der Waals surface area (Å²) in [6.07, 6.45) is 0. The number of rotatable bonds is 2. The Bertz CT molecular complexity index is 824. The number of hydrogen-bond acceptors (Lipinski definition) is 2. The SMILES string of the molecule is CC(C)n1c(-c2cc(N)ccc2Br)nc2cc(F)ccc21. The second kappa shape index (κ2) is 5.15. The molecule has 0 aliphatic heterocycles. The smallest absolute Gasteiger partial charge is 0.142 e. The summed E-state index contributed by atoms with van der Waals surface area (Å²) in [5.41, 5.74) is 9.02. The molecule has 5 heteroatoms. The fraction of sp³-hybridized carbons (Fsp3) is 0.188. The summed E-state index contributed by atoms with van der Waals surface area (Å²) in [5, 5.41) is 0. The molecule has 3 aromatic rings. The van der Waals surface area contributed by atoms with Gasteiger partial charge in [0.05, 0.1) is 11.0 Å². The molecule has 0 aliphatic rings. The van der Waals surface area contributed by atoms with E-state index in [1.54, 1.807) is 6.07 Å². The molecule has 2 N–H and O–H groups in total. The van der Waals surface area contributed by atoms with Crippen molar-refractivity contribution >= 4 is 32.7 Å². The normalized spacial score (nSPS) is 11.5. The number of nitrogen functional groups attached to an aromatic ring is 1. The predicted molar refractivity (Wildman–Crippen MR) is 87.6 cm³/mol. The van der Waals surface area contributed by atoms with Crippen molar-refractivity contribution in [2.75, 3.05) is 5.73 Å². The van der Waals surface area contributed by atoms with Crippen LogP contribution >= 0.6 is 15.9 Å². The van der Waals surface area contributed by atoms with Gasteiger partial charge in [-0.05, 0) is 44.2 Å². The molecule has 0 saturated heterocycles. The summed E-state index contributed by atoms with van der Waals surface area (Å²) >= 11 is 3.54. The van der Waals surface area contributed by atoms with Crippen LogP contribution in [-0.2, 0) is 0 Å². The molecule has 0 bridgehead atoms. The molecule has 1 aromatic heterocycles. The molecule has 0 saturated carbocycles.